The molecular weight excluding hydrogens is 388 g/mol. The number of aromatic amines is 1. The quantitative estimate of drug-likeness (QED) is 0.463. The maximum Gasteiger partial charge on any atom is 0.320 e. The number of aromatic nitrogens is 1. The molecule has 8 heteroatoms. The molecule has 4 rings (SSSR count). The van der Waals surface area contributed by atoms with Gasteiger partial charge in [0.15, 0.2) is 5.92 Å². The maximum atomic E-state index is 12.6. The Bertz CT molecular complexity index is 967. The van der Waals surface area contributed by atoms with Gasteiger partial charge in [-0.15, -0.1) is 0 Å². The number of H-pyrrole nitrogens is 1. The zero-order valence-electron chi connectivity index (χ0n) is 17.3. The molecule has 0 spiro atoms. The second-order valence-electron chi connectivity index (χ2n) is 7.88. The van der Waals surface area contributed by atoms with Crippen molar-refractivity contribution >= 4 is 28.8 Å². The standard InChI is InChI=1S/C22H26N2O6/c1-28-20(25)15-11-24-9-8-13-12-6-4-5-7-16(12)23-19(13)17(24)10-14(15)18(21(26)29-2)22(27)30-3/h4-7,14-15,17-18,23H,8-11H2,1-3H3/t14-,15-,17+/m0/s1. The zero-order valence-corrected chi connectivity index (χ0v) is 17.3. The average molecular weight is 414 g/mol. The topological polar surface area (TPSA) is 97.9 Å². The number of nitrogens with zero attached hydrogens (tertiary/aromatic N) is 1. The van der Waals surface area contributed by atoms with Crippen molar-refractivity contribution in [3.63, 3.8) is 0 Å². The summed E-state index contributed by atoms with van der Waals surface area (Å²) in [4.78, 5) is 43.4. The first kappa shape index (κ1) is 20.4. The molecule has 30 heavy (non-hydrogen) atoms. The summed E-state index contributed by atoms with van der Waals surface area (Å²) in [7, 11) is 3.79. The fourth-order valence-corrected chi connectivity index (χ4v) is 5.13. The van der Waals surface area contributed by atoms with Gasteiger partial charge in [-0.05, 0) is 30.4 Å². The number of benzene rings is 1. The first-order valence-corrected chi connectivity index (χ1v) is 10.1. The van der Waals surface area contributed by atoms with Gasteiger partial charge in [0.25, 0.3) is 0 Å². The molecular formula is C22H26N2O6. The van der Waals surface area contributed by atoms with Crippen molar-refractivity contribution in [3.05, 3.63) is 35.5 Å². The molecule has 1 aromatic carbocycles. The number of methoxy groups -OCH3 is 3. The lowest BCUT2D eigenvalue weighted by atomic mass is 9.72. The number of para-hydroxylation sites is 1. The van der Waals surface area contributed by atoms with Crippen molar-refractivity contribution in [1.82, 2.24) is 9.88 Å². The van der Waals surface area contributed by atoms with Crippen LogP contribution in [0.5, 0.6) is 0 Å². The number of esters is 3. The molecule has 3 heterocycles. The van der Waals surface area contributed by atoms with E-state index in [-0.39, 0.29) is 6.04 Å². The number of carbonyl (C=O) groups excluding carboxylic acids is 3. The highest BCUT2D eigenvalue weighted by Gasteiger charge is 2.50. The van der Waals surface area contributed by atoms with Crippen LogP contribution in [-0.4, -0.2) is 62.2 Å². The fraction of sp³-hybridized carbons (Fsp3) is 0.500. The number of hydrogen-bond acceptors (Lipinski definition) is 7. The van der Waals surface area contributed by atoms with Crippen LogP contribution in [0.25, 0.3) is 10.9 Å². The summed E-state index contributed by atoms with van der Waals surface area (Å²) in [6.45, 7) is 1.20. The highest BCUT2D eigenvalue weighted by molar-refractivity contribution is 5.96. The summed E-state index contributed by atoms with van der Waals surface area (Å²) in [5, 5.41) is 1.19. The maximum absolute atomic E-state index is 12.6. The Morgan fingerprint density at radius 1 is 1.07 bits per heavy atom. The van der Waals surface area contributed by atoms with Gasteiger partial charge in [-0.2, -0.15) is 0 Å². The van der Waals surface area contributed by atoms with Gasteiger partial charge in [-0.3, -0.25) is 19.3 Å². The highest BCUT2D eigenvalue weighted by atomic mass is 16.5. The van der Waals surface area contributed by atoms with Crippen LogP contribution in [0, 0.1) is 17.8 Å². The number of fused-ring (bicyclic) bond motifs is 5. The molecule has 8 nitrogen and oxygen atoms in total. The second-order valence-corrected chi connectivity index (χ2v) is 7.88. The van der Waals surface area contributed by atoms with Crippen molar-refractivity contribution in [3.8, 4) is 0 Å². The van der Waals surface area contributed by atoms with Crippen LogP contribution in [0.15, 0.2) is 24.3 Å². The van der Waals surface area contributed by atoms with E-state index >= 15 is 0 Å². The Kier molecular flexibility index (Phi) is 5.51. The van der Waals surface area contributed by atoms with E-state index in [1.807, 2.05) is 18.2 Å². The number of hydrogen-bond donors (Lipinski definition) is 1. The molecule has 2 aliphatic heterocycles. The third kappa shape index (κ3) is 3.25. The summed E-state index contributed by atoms with van der Waals surface area (Å²) in [6, 6.07) is 8.11. The van der Waals surface area contributed by atoms with Crippen molar-refractivity contribution in [2.24, 2.45) is 17.8 Å². The molecule has 0 aliphatic carbocycles. The van der Waals surface area contributed by atoms with Crippen LogP contribution in [0.4, 0.5) is 0 Å². The summed E-state index contributed by atoms with van der Waals surface area (Å²) < 4.78 is 14.8. The van der Waals surface area contributed by atoms with Gasteiger partial charge < -0.3 is 19.2 Å². The second kappa shape index (κ2) is 8.10. The number of rotatable bonds is 4. The van der Waals surface area contributed by atoms with E-state index in [9.17, 15) is 14.4 Å². The van der Waals surface area contributed by atoms with Crippen LogP contribution >= 0.6 is 0 Å². The molecule has 0 bridgehead atoms. The van der Waals surface area contributed by atoms with Crippen LogP contribution in [0.2, 0.25) is 0 Å². The van der Waals surface area contributed by atoms with Crippen LogP contribution < -0.4 is 0 Å². The minimum atomic E-state index is -1.18. The number of ether oxygens (including phenoxy) is 3. The molecule has 1 aromatic heterocycles. The Labute approximate surface area is 174 Å². The lowest BCUT2D eigenvalue weighted by Crippen LogP contribution is -2.52. The fourth-order valence-electron chi connectivity index (χ4n) is 5.13. The van der Waals surface area contributed by atoms with Gasteiger partial charge in [0.05, 0.1) is 33.3 Å². The van der Waals surface area contributed by atoms with Gasteiger partial charge in [-0.1, -0.05) is 18.2 Å². The third-order valence-corrected chi connectivity index (χ3v) is 6.56. The van der Waals surface area contributed by atoms with Crippen LogP contribution in [0.3, 0.4) is 0 Å². The number of nitrogens with one attached hydrogen (secondary N) is 1. The minimum absolute atomic E-state index is 0.0381. The molecule has 2 aliphatic rings. The summed E-state index contributed by atoms with van der Waals surface area (Å²) in [5.74, 6) is -4.21. The smallest absolute Gasteiger partial charge is 0.320 e. The summed E-state index contributed by atoms with van der Waals surface area (Å²) in [6.07, 6.45) is 1.31. The lowest BCUT2D eigenvalue weighted by Gasteiger charge is -2.46. The highest BCUT2D eigenvalue weighted by Crippen LogP contribution is 2.45. The van der Waals surface area contributed by atoms with Gasteiger partial charge in [0.1, 0.15) is 0 Å². The van der Waals surface area contributed by atoms with Crippen molar-refractivity contribution in [2.75, 3.05) is 34.4 Å². The van der Waals surface area contributed by atoms with E-state index < -0.39 is 35.7 Å². The molecule has 3 atom stereocenters. The summed E-state index contributed by atoms with van der Waals surface area (Å²) in [5.41, 5.74) is 3.41. The normalized spacial score (nSPS) is 23.5. The number of piperidine rings is 1. The lowest BCUT2D eigenvalue weighted by molar-refractivity contribution is -0.168. The molecule has 0 unspecified atom stereocenters. The van der Waals surface area contributed by atoms with Crippen LogP contribution in [-0.2, 0) is 35.0 Å². The molecule has 1 fully saturated rings. The molecule has 160 valence electrons. The van der Waals surface area contributed by atoms with Crippen molar-refractivity contribution < 1.29 is 28.6 Å². The third-order valence-electron chi connectivity index (χ3n) is 6.56. The van der Waals surface area contributed by atoms with E-state index in [1.54, 1.807) is 0 Å². The van der Waals surface area contributed by atoms with E-state index in [0.29, 0.717) is 13.0 Å². The average Bonchev–Trinajstić information content (AvgIpc) is 3.17. The molecule has 1 saturated heterocycles. The van der Waals surface area contributed by atoms with Gasteiger partial charge in [-0.25, -0.2) is 0 Å². The Balaban J connectivity index is 1.76. The SMILES string of the molecule is COC(=O)C(C(=O)OC)[C@H]1C[C@@H]2c3[nH]c4ccccc4c3CCN2C[C@@H]1C(=O)OC. The molecule has 0 amide bonds. The first-order valence-electron chi connectivity index (χ1n) is 10.1. The minimum Gasteiger partial charge on any atom is -0.469 e. The molecule has 0 radical (unpaired) electrons. The van der Waals surface area contributed by atoms with Gasteiger partial charge >= 0.3 is 17.9 Å². The monoisotopic (exact) mass is 414 g/mol. The van der Waals surface area contributed by atoms with Gasteiger partial charge in [0, 0.05) is 29.7 Å². The molecule has 1 N–H and O–H groups in total. The van der Waals surface area contributed by atoms with E-state index in [2.05, 4.69) is 16.0 Å². The first-order chi connectivity index (χ1) is 14.5. The Morgan fingerprint density at radius 3 is 2.43 bits per heavy atom. The Hall–Kier alpha value is -2.87. The Morgan fingerprint density at radius 2 is 1.77 bits per heavy atom. The largest absolute Gasteiger partial charge is 0.469 e. The molecule has 2 aromatic rings. The predicted octanol–water partition coefficient (Wildman–Crippen LogP) is 1.84. The van der Waals surface area contributed by atoms with Gasteiger partial charge in [0.2, 0.25) is 0 Å². The zero-order chi connectivity index (χ0) is 21.4. The van der Waals surface area contributed by atoms with E-state index in [1.165, 1.54) is 32.3 Å². The van der Waals surface area contributed by atoms with E-state index in [0.717, 1.165) is 24.2 Å². The van der Waals surface area contributed by atoms with Crippen LogP contribution in [0.1, 0.15) is 23.7 Å². The van der Waals surface area contributed by atoms with Crippen molar-refractivity contribution in [1.29, 1.82) is 0 Å². The predicted molar refractivity (Wildman–Crippen MR) is 107 cm³/mol. The van der Waals surface area contributed by atoms with Crippen molar-refractivity contribution in [2.45, 2.75) is 18.9 Å². The number of carbonyl (C=O) groups is 3. The van der Waals surface area contributed by atoms with E-state index in [4.69, 9.17) is 14.2 Å². The summed E-state index contributed by atoms with van der Waals surface area (Å²) >= 11 is 0. The molecule has 0 saturated carbocycles.